The van der Waals surface area contributed by atoms with E-state index in [0.717, 1.165) is 6.42 Å². The lowest BCUT2D eigenvalue weighted by Crippen LogP contribution is -2.35. The van der Waals surface area contributed by atoms with Crippen LogP contribution in [0, 0.1) is 0 Å². The standard InChI is InChI=1S/C13H20N6O4/c1-2-3-22-9-8(21)6(4-20)23-12(9)19-5-16-7-10(14)17-13(15)18-11(7)19/h5-6,8-9,12,20-21H,2-4H2,1H3,(H4,14,15,17,18)/t6-,8-,9-,12?/m1/s1. The number of imidazole rings is 1. The number of rotatable bonds is 5. The van der Waals surface area contributed by atoms with Crippen molar-refractivity contribution in [2.75, 3.05) is 24.7 Å². The second-order valence-electron chi connectivity index (χ2n) is 5.36. The van der Waals surface area contributed by atoms with Crippen molar-refractivity contribution in [1.82, 2.24) is 19.5 Å². The van der Waals surface area contributed by atoms with E-state index in [1.807, 2.05) is 6.92 Å². The number of hydrogen-bond donors (Lipinski definition) is 4. The van der Waals surface area contributed by atoms with Crippen molar-refractivity contribution >= 4 is 22.9 Å². The number of fused-ring (bicyclic) bond motifs is 1. The summed E-state index contributed by atoms with van der Waals surface area (Å²) >= 11 is 0. The van der Waals surface area contributed by atoms with E-state index >= 15 is 0 Å². The van der Waals surface area contributed by atoms with Gasteiger partial charge in [-0.3, -0.25) is 4.57 Å². The Morgan fingerprint density at radius 3 is 2.87 bits per heavy atom. The van der Waals surface area contributed by atoms with Gasteiger partial charge in [0, 0.05) is 6.61 Å². The van der Waals surface area contributed by atoms with Crippen LogP contribution in [0.3, 0.4) is 0 Å². The molecule has 3 heterocycles. The van der Waals surface area contributed by atoms with Gasteiger partial charge in [0.2, 0.25) is 5.95 Å². The molecule has 6 N–H and O–H groups in total. The van der Waals surface area contributed by atoms with E-state index in [-0.39, 0.29) is 18.4 Å². The highest BCUT2D eigenvalue weighted by atomic mass is 16.6. The highest BCUT2D eigenvalue weighted by molar-refractivity contribution is 5.82. The molecule has 0 saturated carbocycles. The first-order valence-electron chi connectivity index (χ1n) is 7.38. The van der Waals surface area contributed by atoms with E-state index < -0.39 is 24.5 Å². The molecule has 0 amide bonds. The molecular formula is C13H20N6O4. The SMILES string of the molecule is CCCO[C@H]1C(n2cnc3c(N)nc(N)nc32)O[C@H](CO)[C@H]1O. The van der Waals surface area contributed by atoms with Crippen LogP contribution in [0.15, 0.2) is 6.33 Å². The third-order valence-corrected chi connectivity index (χ3v) is 3.75. The van der Waals surface area contributed by atoms with Crippen molar-refractivity contribution < 1.29 is 19.7 Å². The summed E-state index contributed by atoms with van der Waals surface area (Å²) in [6, 6.07) is 0. The summed E-state index contributed by atoms with van der Waals surface area (Å²) in [6.07, 6.45) is -0.822. The highest BCUT2D eigenvalue weighted by Crippen LogP contribution is 2.34. The maximum absolute atomic E-state index is 10.3. The molecule has 1 aliphatic rings. The quantitative estimate of drug-likeness (QED) is 0.544. The maximum Gasteiger partial charge on any atom is 0.224 e. The van der Waals surface area contributed by atoms with Crippen LogP contribution < -0.4 is 11.5 Å². The molecule has 1 aliphatic heterocycles. The van der Waals surface area contributed by atoms with Gasteiger partial charge in [-0.2, -0.15) is 9.97 Å². The van der Waals surface area contributed by atoms with Crippen LogP contribution >= 0.6 is 0 Å². The fourth-order valence-corrected chi connectivity index (χ4v) is 2.67. The van der Waals surface area contributed by atoms with Crippen LogP contribution in [0.2, 0.25) is 0 Å². The topological polar surface area (TPSA) is 155 Å². The van der Waals surface area contributed by atoms with Crippen molar-refractivity contribution in [3.8, 4) is 0 Å². The lowest BCUT2D eigenvalue weighted by atomic mass is 10.1. The zero-order valence-corrected chi connectivity index (χ0v) is 12.7. The molecule has 1 saturated heterocycles. The number of nitrogens with two attached hydrogens (primary N) is 2. The Labute approximate surface area is 132 Å². The predicted octanol–water partition coefficient (Wildman–Crippen LogP) is -0.963. The van der Waals surface area contributed by atoms with E-state index in [1.165, 1.54) is 6.33 Å². The summed E-state index contributed by atoms with van der Waals surface area (Å²) < 4.78 is 13.0. The number of nitrogens with zero attached hydrogens (tertiary/aromatic N) is 4. The Bertz CT molecular complexity index is 692. The lowest BCUT2D eigenvalue weighted by Gasteiger charge is -2.21. The van der Waals surface area contributed by atoms with E-state index in [4.69, 9.17) is 20.9 Å². The van der Waals surface area contributed by atoms with Gasteiger partial charge in [0.05, 0.1) is 12.9 Å². The predicted molar refractivity (Wildman–Crippen MR) is 81.2 cm³/mol. The molecule has 1 fully saturated rings. The molecule has 0 bridgehead atoms. The van der Waals surface area contributed by atoms with Gasteiger partial charge in [-0.1, -0.05) is 6.92 Å². The molecule has 23 heavy (non-hydrogen) atoms. The fourth-order valence-electron chi connectivity index (χ4n) is 2.67. The fraction of sp³-hybridized carbons (Fsp3) is 0.615. The minimum Gasteiger partial charge on any atom is -0.394 e. The summed E-state index contributed by atoms with van der Waals surface area (Å²) in [5, 5.41) is 19.7. The van der Waals surface area contributed by atoms with Gasteiger partial charge >= 0.3 is 0 Å². The first-order valence-corrected chi connectivity index (χ1v) is 7.38. The van der Waals surface area contributed by atoms with Crippen LogP contribution in [-0.4, -0.2) is 61.3 Å². The first kappa shape index (κ1) is 15.9. The monoisotopic (exact) mass is 324 g/mol. The Hall–Kier alpha value is -2.01. The Balaban J connectivity index is 2.01. The van der Waals surface area contributed by atoms with E-state index in [2.05, 4.69) is 15.0 Å². The molecule has 4 atom stereocenters. The molecular weight excluding hydrogens is 304 g/mol. The lowest BCUT2D eigenvalue weighted by molar-refractivity contribution is -0.0703. The minimum atomic E-state index is -0.967. The average molecular weight is 324 g/mol. The number of nitrogen functional groups attached to an aromatic ring is 2. The number of aliphatic hydroxyl groups excluding tert-OH is 2. The Morgan fingerprint density at radius 2 is 2.17 bits per heavy atom. The summed E-state index contributed by atoms with van der Waals surface area (Å²) in [5.74, 6) is 0.176. The van der Waals surface area contributed by atoms with Gasteiger partial charge < -0.3 is 31.2 Å². The molecule has 10 heteroatoms. The molecule has 0 radical (unpaired) electrons. The van der Waals surface area contributed by atoms with Crippen molar-refractivity contribution in [2.45, 2.75) is 37.9 Å². The van der Waals surface area contributed by atoms with Gasteiger partial charge in [0.25, 0.3) is 0 Å². The van der Waals surface area contributed by atoms with Crippen molar-refractivity contribution in [2.24, 2.45) is 0 Å². The van der Waals surface area contributed by atoms with Gasteiger partial charge in [0.15, 0.2) is 17.7 Å². The number of ether oxygens (including phenoxy) is 2. The highest BCUT2D eigenvalue weighted by Gasteiger charge is 2.45. The molecule has 2 aromatic rings. The van der Waals surface area contributed by atoms with Crippen LogP contribution in [0.1, 0.15) is 19.6 Å². The van der Waals surface area contributed by atoms with Crippen LogP contribution in [0.25, 0.3) is 11.2 Å². The van der Waals surface area contributed by atoms with E-state index in [1.54, 1.807) is 4.57 Å². The third kappa shape index (κ3) is 2.70. The second kappa shape index (κ2) is 6.24. The zero-order valence-electron chi connectivity index (χ0n) is 12.7. The van der Waals surface area contributed by atoms with Crippen LogP contribution in [-0.2, 0) is 9.47 Å². The Morgan fingerprint density at radius 1 is 1.39 bits per heavy atom. The maximum atomic E-state index is 10.3. The Kier molecular flexibility index (Phi) is 4.31. The summed E-state index contributed by atoms with van der Waals surface area (Å²) in [6.45, 7) is 2.09. The largest absolute Gasteiger partial charge is 0.394 e. The van der Waals surface area contributed by atoms with Gasteiger partial charge in [0.1, 0.15) is 23.8 Å². The van der Waals surface area contributed by atoms with Crippen molar-refractivity contribution in [1.29, 1.82) is 0 Å². The molecule has 3 rings (SSSR count). The molecule has 0 aromatic carbocycles. The number of aliphatic hydroxyl groups is 2. The molecule has 1 unspecified atom stereocenters. The second-order valence-corrected chi connectivity index (χ2v) is 5.36. The first-order chi connectivity index (χ1) is 11.1. The molecule has 0 spiro atoms. The van der Waals surface area contributed by atoms with Crippen molar-refractivity contribution in [3.63, 3.8) is 0 Å². The smallest absolute Gasteiger partial charge is 0.224 e. The zero-order chi connectivity index (χ0) is 16.6. The number of hydrogen-bond acceptors (Lipinski definition) is 9. The van der Waals surface area contributed by atoms with Crippen molar-refractivity contribution in [3.05, 3.63) is 6.33 Å². The van der Waals surface area contributed by atoms with Gasteiger partial charge in [-0.25, -0.2) is 4.98 Å². The average Bonchev–Trinajstić information content (AvgIpc) is 3.06. The number of aromatic nitrogens is 4. The molecule has 0 aliphatic carbocycles. The summed E-state index contributed by atoms with van der Waals surface area (Å²) in [5.41, 5.74) is 12.2. The molecule has 2 aromatic heterocycles. The van der Waals surface area contributed by atoms with Crippen LogP contribution in [0.4, 0.5) is 11.8 Å². The number of anilines is 2. The van der Waals surface area contributed by atoms with Crippen LogP contribution in [0.5, 0.6) is 0 Å². The molecule has 10 nitrogen and oxygen atoms in total. The normalized spacial score (nSPS) is 27.8. The van der Waals surface area contributed by atoms with Gasteiger partial charge in [-0.15, -0.1) is 0 Å². The summed E-state index contributed by atoms with van der Waals surface area (Å²) in [7, 11) is 0. The summed E-state index contributed by atoms with van der Waals surface area (Å²) in [4.78, 5) is 12.2. The van der Waals surface area contributed by atoms with Gasteiger partial charge in [-0.05, 0) is 6.42 Å². The van der Waals surface area contributed by atoms with E-state index in [0.29, 0.717) is 17.8 Å². The van der Waals surface area contributed by atoms with E-state index in [9.17, 15) is 10.2 Å². The third-order valence-electron chi connectivity index (χ3n) is 3.75. The minimum absolute atomic E-state index is 0.0139. The molecule has 126 valence electrons.